The maximum atomic E-state index is 6.09. The highest BCUT2D eigenvalue weighted by molar-refractivity contribution is 4.74. The summed E-state index contributed by atoms with van der Waals surface area (Å²) in [6.45, 7) is 8.77. The van der Waals surface area contributed by atoms with Gasteiger partial charge in [0.15, 0.2) is 0 Å². The minimum atomic E-state index is 0.329. The second-order valence-corrected chi connectivity index (χ2v) is 5.21. The minimum Gasteiger partial charge on any atom is -0.374 e. The van der Waals surface area contributed by atoms with E-state index in [1.165, 1.54) is 32.1 Å². The Labute approximate surface area is 94.8 Å². The Morgan fingerprint density at radius 2 is 1.60 bits per heavy atom. The predicted molar refractivity (Wildman–Crippen MR) is 65.2 cm³/mol. The van der Waals surface area contributed by atoms with Gasteiger partial charge in [0.2, 0.25) is 0 Å². The van der Waals surface area contributed by atoms with E-state index in [9.17, 15) is 0 Å². The van der Waals surface area contributed by atoms with Crippen molar-refractivity contribution in [1.29, 1.82) is 0 Å². The van der Waals surface area contributed by atoms with Crippen LogP contribution in [0.5, 0.6) is 0 Å². The van der Waals surface area contributed by atoms with Gasteiger partial charge in [-0.15, -0.1) is 0 Å². The Morgan fingerprint density at radius 3 is 2.13 bits per heavy atom. The third kappa shape index (κ3) is 4.98. The number of rotatable bonds is 5. The van der Waals surface area contributed by atoms with E-state index < -0.39 is 0 Å². The molecule has 0 aromatic rings. The summed E-state index contributed by atoms with van der Waals surface area (Å²) in [7, 11) is 0. The van der Waals surface area contributed by atoms with E-state index in [1.54, 1.807) is 0 Å². The van der Waals surface area contributed by atoms with Crippen molar-refractivity contribution in [2.75, 3.05) is 0 Å². The zero-order valence-corrected chi connectivity index (χ0v) is 10.8. The van der Waals surface area contributed by atoms with Crippen LogP contribution in [0.25, 0.3) is 0 Å². The third-order valence-electron chi connectivity index (χ3n) is 3.26. The molecule has 0 saturated heterocycles. The highest BCUT2D eigenvalue weighted by Crippen LogP contribution is 2.22. The van der Waals surface area contributed by atoms with Gasteiger partial charge in [0.05, 0.1) is 12.2 Å². The first-order valence-corrected chi connectivity index (χ1v) is 6.51. The van der Waals surface area contributed by atoms with Crippen LogP contribution in [-0.2, 0) is 4.74 Å². The lowest BCUT2D eigenvalue weighted by atomic mass is 9.97. The SMILES string of the molecule is CC(C)NC(C)C(C)OC1CCCCC1. The normalized spacial score (nSPS) is 23.0. The second kappa shape index (κ2) is 6.49. The largest absolute Gasteiger partial charge is 0.374 e. The van der Waals surface area contributed by atoms with Crippen molar-refractivity contribution in [1.82, 2.24) is 5.32 Å². The summed E-state index contributed by atoms with van der Waals surface area (Å²) in [5.74, 6) is 0. The van der Waals surface area contributed by atoms with Crippen LogP contribution < -0.4 is 5.32 Å². The highest BCUT2D eigenvalue weighted by Gasteiger charge is 2.20. The topological polar surface area (TPSA) is 21.3 Å². The molecule has 0 radical (unpaired) electrons. The molecule has 1 aliphatic rings. The Hall–Kier alpha value is -0.0800. The molecule has 0 aromatic heterocycles. The molecule has 0 amide bonds. The summed E-state index contributed by atoms with van der Waals surface area (Å²) >= 11 is 0. The number of hydrogen-bond donors (Lipinski definition) is 1. The first-order chi connectivity index (χ1) is 7.09. The van der Waals surface area contributed by atoms with E-state index in [1.807, 2.05) is 0 Å². The van der Waals surface area contributed by atoms with Crippen molar-refractivity contribution >= 4 is 0 Å². The Kier molecular flexibility index (Phi) is 5.62. The van der Waals surface area contributed by atoms with Crippen LogP contribution in [0.4, 0.5) is 0 Å². The van der Waals surface area contributed by atoms with E-state index >= 15 is 0 Å². The monoisotopic (exact) mass is 213 g/mol. The van der Waals surface area contributed by atoms with Crippen molar-refractivity contribution in [2.45, 2.75) is 84.1 Å². The molecule has 1 fully saturated rings. The predicted octanol–water partition coefficient (Wildman–Crippen LogP) is 3.11. The molecule has 0 spiro atoms. The summed E-state index contributed by atoms with van der Waals surface area (Å²) in [6, 6.07) is 0.990. The molecular weight excluding hydrogens is 186 g/mol. The van der Waals surface area contributed by atoms with Gasteiger partial charge in [-0.3, -0.25) is 0 Å². The molecule has 2 unspecified atom stereocenters. The molecule has 2 heteroatoms. The smallest absolute Gasteiger partial charge is 0.0701 e. The molecule has 1 N–H and O–H groups in total. The van der Waals surface area contributed by atoms with Crippen molar-refractivity contribution < 1.29 is 4.74 Å². The van der Waals surface area contributed by atoms with Crippen LogP contribution in [-0.4, -0.2) is 24.3 Å². The quantitative estimate of drug-likeness (QED) is 0.757. The van der Waals surface area contributed by atoms with Crippen molar-refractivity contribution in [2.24, 2.45) is 0 Å². The first-order valence-electron chi connectivity index (χ1n) is 6.51. The van der Waals surface area contributed by atoms with Crippen LogP contribution in [0.1, 0.15) is 59.8 Å². The summed E-state index contributed by atoms with van der Waals surface area (Å²) in [5.41, 5.74) is 0. The average Bonchev–Trinajstić information content (AvgIpc) is 2.18. The second-order valence-electron chi connectivity index (χ2n) is 5.21. The summed E-state index contributed by atoms with van der Waals surface area (Å²) < 4.78 is 6.09. The van der Waals surface area contributed by atoms with E-state index in [0.717, 1.165) is 0 Å². The molecule has 2 atom stereocenters. The Balaban J connectivity index is 2.23. The van der Waals surface area contributed by atoms with Crippen LogP contribution in [0.15, 0.2) is 0 Å². The summed E-state index contributed by atoms with van der Waals surface area (Å²) in [4.78, 5) is 0. The van der Waals surface area contributed by atoms with Gasteiger partial charge in [0.25, 0.3) is 0 Å². The molecule has 1 aliphatic carbocycles. The molecule has 0 aliphatic heterocycles. The maximum absolute atomic E-state index is 6.09. The molecule has 90 valence electrons. The number of hydrogen-bond acceptors (Lipinski definition) is 2. The van der Waals surface area contributed by atoms with Gasteiger partial charge in [-0.1, -0.05) is 33.1 Å². The van der Waals surface area contributed by atoms with E-state index in [4.69, 9.17) is 4.74 Å². The minimum absolute atomic E-state index is 0.329. The fourth-order valence-electron chi connectivity index (χ4n) is 2.28. The van der Waals surface area contributed by atoms with Gasteiger partial charge in [-0.25, -0.2) is 0 Å². The molecule has 1 saturated carbocycles. The highest BCUT2D eigenvalue weighted by atomic mass is 16.5. The Bertz CT molecular complexity index is 164. The molecule has 0 heterocycles. The van der Waals surface area contributed by atoms with Crippen LogP contribution in [0, 0.1) is 0 Å². The fraction of sp³-hybridized carbons (Fsp3) is 1.00. The molecule has 15 heavy (non-hydrogen) atoms. The summed E-state index contributed by atoms with van der Waals surface area (Å²) in [5, 5.41) is 3.51. The van der Waals surface area contributed by atoms with Gasteiger partial charge in [0.1, 0.15) is 0 Å². The number of nitrogens with one attached hydrogen (secondary N) is 1. The molecule has 0 bridgehead atoms. The van der Waals surface area contributed by atoms with E-state index in [-0.39, 0.29) is 0 Å². The molecule has 1 rings (SSSR count). The van der Waals surface area contributed by atoms with Gasteiger partial charge < -0.3 is 10.1 Å². The van der Waals surface area contributed by atoms with Crippen LogP contribution in [0.3, 0.4) is 0 Å². The zero-order valence-electron chi connectivity index (χ0n) is 10.8. The summed E-state index contributed by atoms with van der Waals surface area (Å²) in [6.07, 6.45) is 7.47. The lowest BCUT2D eigenvalue weighted by Crippen LogP contribution is -2.42. The first kappa shape index (κ1) is 13.0. The maximum Gasteiger partial charge on any atom is 0.0701 e. The lowest BCUT2D eigenvalue weighted by molar-refractivity contribution is -0.0358. The van der Waals surface area contributed by atoms with Crippen LogP contribution >= 0.6 is 0 Å². The van der Waals surface area contributed by atoms with E-state index in [0.29, 0.717) is 24.3 Å². The average molecular weight is 213 g/mol. The van der Waals surface area contributed by atoms with Gasteiger partial charge >= 0.3 is 0 Å². The lowest BCUT2D eigenvalue weighted by Gasteiger charge is -2.30. The van der Waals surface area contributed by atoms with Gasteiger partial charge in [-0.05, 0) is 26.7 Å². The third-order valence-corrected chi connectivity index (χ3v) is 3.26. The van der Waals surface area contributed by atoms with Crippen molar-refractivity contribution in [3.8, 4) is 0 Å². The molecule has 2 nitrogen and oxygen atoms in total. The molecular formula is C13H27NO. The van der Waals surface area contributed by atoms with Gasteiger partial charge in [0, 0.05) is 12.1 Å². The molecule has 0 aromatic carbocycles. The van der Waals surface area contributed by atoms with Crippen molar-refractivity contribution in [3.05, 3.63) is 0 Å². The van der Waals surface area contributed by atoms with E-state index in [2.05, 4.69) is 33.0 Å². The van der Waals surface area contributed by atoms with Crippen LogP contribution in [0.2, 0.25) is 0 Å². The number of ether oxygens (including phenoxy) is 1. The van der Waals surface area contributed by atoms with Crippen molar-refractivity contribution in [3.63, 3.8) is 0 Å². The van der Waals surface area contributed by atoms with Gasteiger partial charge in [-0.2, -0.15) is 0 Å². The standard InChI is InChI=1S/C13H27NO/c1-10(2)14-11(3)12(4)15-13-8-6-5-7-9-13/h10-14H,5-9H2,1-4H3. The Morgan fingerprint density at radius 1 is 1.00 bits per heavy atom. The zero-order chi connectivity index (χ0) is 11.3. The fourth-order valence-corrected chi connectivity index (χ4v) is 2.28.